The largest absolute Gasteiger partial charge is 0.372 e. The number of rotatable bonds is 7. The minimum absolute atomic E-state index is 0.398. The molecule has 1 saturated heterocycles. The molecule has 3 N–H and O–H groups in total. The summed E-state index contributed by atoms with van der Waals surface area (Å²) in [7, 11) is 8.61. The molecule has 11 fully saturated rings. The Hall–Kier alpha value is -0.980. The Morgan fingerprint density at radius 2 is 1.27 bits per heavy atom. The van der Waals surface area contributed by atoms with Crippen LogP contribution in [0.4, 0.5) is 0 Å². The van der Waals surface area contributed by atoms with Gasteiger partial charge in [-0.15, -0.1) is 0 Å². The highest BCUT2D eigenvalue weighted by Gasteiger charge is 2.51. The molecule has 10 saturated carbocycles. The van der Waals surface area contributed by atoms with E-state index in [2.05, 4.69) is 87.0 Å². The molecule has 5 nitrogen and oxygen atoms in total. The van der Waals surface area contributed by atoms with Crippen LogP contribution in [0.5, 0.6) is 0 Å². The molecule has 0 amide bonds. The second-order valence-corrected chi connectivity index (χ2v) is 21.7. The first kappa shape index (κ1) is 39.3. The summed E-state index contributed by atoms with van der Waals surface area (Å²) in [6.07, 6.45) is 26.8. The highest BCUT2D eigenvalue weighted by Crippen LogP contribution is 2.60. The van der Waals surface area contributed by atoms with Crippen molar-refractivity contribution in [2.24, 2.45) is 51.8 Å². The predicted molar refractivity (Wildman–Crippen MR) is 218 cm³/mol. The quantitative estimate of drug-likeness (QED) is 0.263. The molecular weight excluding hydrogens is 637 g/mol. The van der Waals surface area contributed by atoms with Crippen molar-refractivity contribution in [2.45, 2.75) is 167 Å². The van der Waals surface area contributed by atoms with Crippen molar-refractivity contribution in [3.63, 3.8) is 0 Å². The molecule has 0 aromatic heterocycles. The summed E-state index contributed by atoms with van der Waals surface area (Å²) in [6.45, 7) is 10.7. The maximum Gasteiger partial charge on any atom is 0.0732 e. The fourth-order valence-corrected chi connectivity index (χ4v) is 15.3. The van der Waals surface area contributed by atoms with Gasteiger partial charge in [0.25, 0.3) is 0 Å². The van der Waals surface area contributed by atoms with Gasteiger partial charge in [-0.1, -0.05) is 51.1 Å². The number of hydrogen-bond acceptors (Lipinski definition) is 5. The zero-order valence-electron chi connectivity index (χ0n) is 34.8. The molecule has 5 heteroatoms. The van der Waals surface area contributed by atoms with Crippen LogP contribution in [0.2, 0.25) is 0 Å². The molecule has 0 spiro atoms. The number of benzene rings is 1. The summed E-state index contributed by atoms with van der Waals surface area (Å²) in [5.41, 5.74) is 3.81. The highest BCUT2D eigenvalue weighted by atomic mass is 16.5. The third-order valence-corrected chi connectivity index (χ3v) is 16.1. The molecule has 1 aromatic rings. The first-order chi connectivity index (χ1) is 24.9. The number of likely N-dealkylation sites (tertiary alicyclic amines) is 1. The minimum atomic E-state index is 0.398. The van der Waals surface area contributed by atoms with Crippen LogP contribution < -0.4 is 16.0 Å². The Morgan fingerprint density at radius 3 is 1.77 bits per heavy atom. The van der Waals surface area contributed by atoms with Gasteiger partial charge in [0.1, 0.15) is 0 Å². The summed E-state index contributed by atoms with van der Waals surface area (Å²) in [5, 5.41) is 10.4. The number of ether oxygens (including phenoxy) is 1. The maximum absolute atomic E-state index is 5.93. The van der Waals surface area contributed by atoms with Gasteiger partial charge in [-0.25, -0.2) is 0 Å². The van der Waals surface area contributed by atoms with Gasteiger partial charge < -0.3 is 25.6 Å². The summed E-state index contributed by atoms with van der Waals surface area (Å²) >= 11 is 0. The number of likely N-dealkylation sites (N-methyl/N-ethyl adjacent to an activating group) is 1. The van der Waals surface area contributed by atoms with E-state index in [1.807, 2.05) is 13.1 Å². The number of nitrogens with zero attached hydrogens (tertiary/aromatic N) is 1. The van der Waals surface area contributed by atoms with Crippen molar-refractivity contribution in [3.05, 3.63) is 35.9 Å². The zero-order chi connectivity index (χ0) is 36.6. The van der Waals surface area contributed by atoms with E-state index in [4.69, 9.17) is 4.74 Å². The molecule has 0 radical (unpaired) electrons. The molecule has 3 unspecified atom stereocenters. The average Bonchev–Trinajstić information content (AvgIpc) is 3.63. The van der Waals surface area contributed by atoms with Crippen LogP contribution >= 0.6 is 0 Å². The van der Waals surface area contributed by atoms with Crippen LogP contribution in [0.3, 0.4) is 0 Å². The lowest BCUT2D eigenvalue weighted by molar-refractivity contribution is -0.0503. The third kappa shape index (κ3) is 9.34. The van der Waals surface area contributed by atoms with Crippen LogP contribution in [0.1, 0.15) is 142 Å². The molecule has 52 heavy (non-hydrogen) atoms. The fourth-order valence-electron chi connectivity index (χ4n) is 15.3. The molecule has 1 aromatic carbocycles. The standard InChI is InChI=1S/C13H19NO.C12H21N.C11H19N.C11H21N/c1-14-12-8-5-9-13(12)15-10-11-6-3-2-4-7-11;1-13-8-12-5-9-2-10(6-12)4-11(3-9)7-12;1-12-11-5-8-2-9(6-11)4-10(3-8)7-11;1-10(2)5-9-6-11(3,7-10)8-12(9)4/h2-4,6-7,12-14H,5,8-10H2,1H3;9-11,13H,2-8H2,1H3;8-10,12H,2-7H2,1H3;9H,5-8H2,1-4H3/t;;;9?,11-/m...0/s1. The van der Waals surface area contributed by atoms with Crippen molar-refractivity contribution in [2.75, 3.05) is 41.3 Å². The molecule has 294 valence electrons. The zero-order valence-corrected chi connectivity index (χ0v) is 34.8. The molecule has 10 aliphatic carbocycles. The van der Waals surface area contributed by atoms with Crippen molar-refractivity contribution in [3.8, 4) is 0 Å². The summed E-state index contributed by atoms with van der Waals surface area (Å²) in [5.74, 6) is 6.59. The fraction of sp³-hybridized carbons (Fsp3) is 0.872. The summed E-state index contributed by atoms with van der Waals surface area (Å²) in [6, 6.07) is 11.8. The maximum atomic E-state index is 5.93. The highest BCUT2D eigenvalue weighted by molar-refractivity contribution is 5.13. The van der Waals surface area contributed by atoms with Crippen LogP contribution in [0, 0.1) is 51.8 Å². The van der Waals surface area contributed by atoms with Gasteiger partial charge in [0.15, 0.2) is 0 Å². The summed E-state index contributed by atoms with van der Waals surface area (Å²) < 4.78 is 5.93. The van der Waals surface area contributed by atoms with E-state index < -0.39 is 0 Å². The lowest BCUT2D eigenvalue weighted by Gasteiger charge is -2.57. The van der Waals surface area contributed by atoms with Gasteiger partial charge in [0.05, 0.1) is 12.7 Å². The number of hydrogen-bond donors (Lipinski definition) is 3. The van der Waals surface area contributed by atoms with Crippen molar-refractivity contribution >= 4 is 0 Å². The molecule has 1 heterocycles. The normalized spacial score (nSPS) is 44.3. The number of nitrogens with one attached hydrogen (secondary N) is 3. The van der Waals surface area contributed by atoms with E-state index in [1.54, 1.807) is 57.8 Å². The van der Waals surface area contributed by atoms with E-state index >= 15 is 0 Å². The molecule has 1 aliphatic heterocycles. The third-order valence-electron chi connectivity index (χ3n) is 16.1. The first-order valence-corrected chi connectivity index (χ1v) is 22.3. The smallest absolute Gasteiger partial charge is 0.0732 e. The van der Waals surface area contributed by atoms with E-state index in [-0.39, 0.29) is 0 Å². The SMILES string of the molecule is CN1C[C@@]2(C)CC1CC(C)(C)C2.CNC12CC3CC(CC(C3)C1)C2.CNC1CCCC1OCc1ccccc1.CNCC12CC3CC(CC(C3)C1)C2. The van der Waals surface area contributed by atoms with E-state index in [0.717, 1.165) is 53.6 Å². The van der Waals surface area contributed by atoms with Crippen LogP contribution in [-0.4, -0.2) is 69.9 Å². The lowest BCUT2D eigenvalue weighted by atomic mass is 9.49. The Labute approximate surface area is 320 Å². The number of fused-ring (bicyclic) bond motifs is 2. The monoisotopic (exact) mass is 717 g/mol. The lowest BCUT2D eigenvalue weighted by Crippen LogP contribution is -2.57. The molecule has 10 bridgehead atoms. The van der Waals surface area contributed by atoms with Gasteiger partial charge >= 0.3 is 0 Å². The van der Waals surface area contributed by atoms with Gasteiger partial charge in [0, 0.05) is 30.7 Å². The Kier molecular flexibility index (Phi) is 12.3. The minimum Gasteiger partial charge on any atom is -0.372 e. The van der Waals surface area contributed by atoms with E-state index in [0.29, 0.717) is 28.5 Å². The van der Waals surface area contributed by atoms with Gasteiger partial charge in [-0.3, -0.25) is 0 Å². The summed E-state index contributed by atoms with van der Waals surface area (Å²) in [4.78, 5) is 2.56. The van der Waals surface area contributed by atoms with Crippen LogP contribution in [-0.2, 0) is 11.3 Å². The Bertz CT molecular complexity index is 1200. The average molecular weight is 717 g/mol. The molecule has 4 atom stereocenters. The molecular formula is C47H80N4O. The Morgan fingerprint density at radius 1 is 0.712 bits per heavy atom. The van der Waals surface area contributed by atoms with Gasteiger partial charge in [-0.05, 0) is 201 Å². The van der Waals surface area contributed by atoms with Crippen molar-refractivity contribution < 1.29 is 4.74 Å². The predicted octanol–water partition coefficient (Wildman–Crippen LogP) is 9.46. The second-order valence-electron chi connectivity index (χ2n) is 21.7. The van der Waals surface area contributed by atoms with Crippen molar-refractivity contribution in [1.29, 1.82) is 0 Å². The van der Waals surface area contributed by atoms with Gasteiger partial charge in [0.2, 0.25) is 0 Å². The Balaban J connectivity index is 0.000000108. The van der Waals surface area contributed by atoms with Gasteiger partial charge in [-0.2, -0.15) is 0 Å². The van der Waals surface area contributed by atoms with Crippen molar-refractivity contribution in [1.82, 2.24) is 20.9 Å². The van der Waals surface area contributed by atoms with E-state index in [9.17, 15) is 0 Å². The topological polar surface area (TPSA) is 48.6 Å². The molecule has 11 aliphatic rings. The van der Waals surface area contributed by atoms with E-state index in [1.165, 1.54) is 76.4 Å². The molecule has 12 rings (SSSR count). The van der Waals surface area contributed by atoms with Crippen LogP contribution in [0.25, 0.3) is 0 Å². The first-order valence-electron chi connectivity index (χ1n) is 22.3. The van der Waals surface area contributed by atoms with Crippen LogP contribution in [0.15, 0.2) is 30.3 Å². The second kappa shape index (κ2) is 16.2.